The normalized spacial score (nSPS) is 13.2. The second-order valence-corrected chi connectivity index (χ2v) is 16.4. The Morgan fingerprint density at radius 2 is 1.19 bits per heavy atom. The number of hydrogen-bond acceptors (Lipinski definition) is 7. The summed E-state index contributed by atoms with van der Waals surface area (Å²) in [6, 6.07) is 14.0. The van der Waals surface area contributed by atoms with Crippen molar-refractivity contribution in [2.45, 2.75) is 173 Å². The number of carboxylic acids is 1. The summed E-state index contributed by atoms with van der Waals surface area (Å²) in [5.41, 5.74) is 3.64. The molecule has 1 aliphatic rings. The first-order valence-electron chi connectivity index (χ1n) is 21.5. The lowest BCUT2D eigenvalue weighted by molar-refractivity contribution is -0.157. The minimum Gasteiger partial charge on any atom is -0.480 e. The Labute approximate surface area is 340 Å². The topological polar surface area (TPSA) is 160 Å². The Balaban J connectivity index is 1.32. The molecule has 316 valence electrons. The molecular formula is C46H69N3O8. The quantitative estimate of drug-likeness (QED) is 0.0490. The monoisotopic (exact) mass is 792 g/mol. The Morgan fingerprint density at radius 1 is 0.649 bits per heavy atom. The first kappa shape index (κ1) is 47.0. The van der Waals surface area contributed by atoms with Gasteiger partial charge in [0, 0.05) is 25.3 Å². The zero-order valence-electron chi connectivity index (χ0n) is 35.0. The molecule has 2 unspecified atom stereocenters. The minimum atomic E-state index is -1.17. The standard InChI is InChI=1S/C46H69N3O8/c1-5-6-7-8-9-10-11-12-13-14-15-16-17-29-42(51)48-39(43(52)53)30-31-41(50)47-32-23-22-28-40(44(54)57-46(2,3)4)49-45(55)56-33-38-36-26-20-18-24-34(36)35-25-19-21-27-37(35)38/h18-21,24-27,38-40H,5-17,22-23,28-33H2,1-4H3,(H,47,50)(H,48,51)(H,49,55)(H,52,53). The average molecular weight is 792 g/mol. The van der Waals surface area contributed by atoms with Crippen LogP contribution in [0.4, 0.5) is 4.79 Å². The average Bonchev–Trinajstić information content (AvgIpc) is 3.49. The number of carbonyl (C=O) groups is 5. The molecule has 0 aromatic heterocycles. The zero-order chi connectivity index (χ0) is 41.5. The fourth-order valence-electron chi connectivity index (χ4n) is 7.30. The minimum absolute atomic E-state index is 0.0176. The van der Waals surface area contributed by atoms with Crippen LogP contribution in [0.5, 0.6) is 0 Å². The van der Waals surface area contributed by atoms with Gasteiger partial charge in [-0.2, -0.15) is 0 Å². The largest absolute Gasteiger partial charge is 0.480 e. The predicted molar refractivity (Wildman–Crippen MR) is 224 cm³/mol. The van der Waals surface area contributed by atoms with Gasteiger partial charge in [0.05, 0.1) is 0 Å². The van der Waals surface area contributed by atoms with Gasteiger partial charge in [-0.1, -0.05) is 133 Å². The molecule has 57 heavy (non-hydrogen) atoms. The molecule has 4 N–H and O–H groups in total. The number of benzene rings is 2. The number of hydrogen-bond donors (Lipinski definition) is 4. The molecule has 3 amide bonds. The van der Waals surface area contributed by atoms with Crippen LogP contribution in [0.3, 0.4) is 0 Å². The summed E-state index contributed by atoms with van der Waals surface area (Å²) in [7, 11) is 0. The van der Waals surface area contributed by atoms with E-state index in [1.807, 2.05) is 36.4 Å². The van der Waals surface area contributed by atoms with Crippen molar-refractivity contribution >= 4 is 29.8 Å². The van der Waals surface area contributed by atoms with Crippen LogP contribution in [0.25, 0.3) is 11.1 Å². The number of esters is 1. The molecule has 2 aromatic rings. The molecule has 0 fully saturated rings. The van der Waals surface area contributed by atoms with Crippen LogP contribution in [-0.2, 0) is 28.7 Å². The second-order valence-electron chi connectivity index (χ2n) is 16.4. The van der Waals surface area contributed by atoms with Gasteiger partial charge in [0.15, 0.2) is 0 Å². The van der Waals surface area contributed by atoms with E-state index in [0.717, 1.165) is 41.5 Å². The van der Waals surface area contributed by atoms with Gasteiger partial charge in [-0.05, 0) is 75.1 Å². The molecule has 0 saturated carbocycles. The number of alkyl carbamates (subject to hydrolysis) is 1. The van der Waals surface area contributed by atoms with E-state index in [1.54, 1.807) is 20.8 Å². The van der Waals surface area contributed by atoms with Gasteiger partial charge in [-0.15, -0.1) is 0 Å². The van der Waals surface area contributed by atoms with Crippen molar-refractivity contribution in [2.75, 3.05) is 13.2 Å². The summed E-state index contributed by atoms with van der Waals surface area (Å²) in [5, 5.41) is 17.7. The van der Waals surface area contributed by atoms with Crippen LogP contribution in [0.15, 0.2) is 48.5 Å². The summed E-state index contributed by atoms with van der Waals surface area (Å²) in [6.45, 7) is 7.91. The highest BCUT2D eigenvalue weighted by Crippen LogP contribution is 2.44. The number of fused-ring (bicyclic) bond motifs is 3. The van der Waals surface area contributed by atoms with Crippen LogP contribution >= 0.6 is 0 Å². The Hall–Kier alpha value is -4.41. The van der Waals surface area contributed by atoms with Gasteiger partial charge < -0.3 is 30.5 Å². The maximum Gasteiger partial charge on any atom is 0.407 e. The van der Waals surface area contributed by atoms with Crippen molar-refractivity contribution in [3.8, 4) is 11.1 Å². The number of aliphatic carboxylic acids is 1. The van der Waals surface area contributed by atoms with Crippen LogP contribution in [0.2, 0.25) is 0 Å². The molecule has 0 radical (unpaired) electrons. The summed E-state index contributed by atoms with van der Waals surface area (Å²) in [6.07, 6.45) is 16.4. The van der Waals surface area contributed by atoms with Gasteiger partial charge in [-0.25, -0.2) is 14.4 Å². The Kier molecular flexibility index (Phi) is 21.2. The number of carboxylic acid groups (broad SMARTS) is 1. The summed E-state index contributed by atoms with van der Waals surface area (Å²) in [5.74, 6) is -2.50. The fourth-order valence-corrected chi connectivity index (χ4v) is 7.30. The molecule has 2 atom stereocenters. The fraction of sp³-hybridized carbons (Fsp3) is 0.630. The molecule has 0 saturated heterocycles. The third-order valence-corrected chi connectivity index (χ3v) is 10.4. The van der Waals surface area contributed by atoms with E-state index in [4.69, 9.17) is 9.47 Å². The van der Waals surface area contributed by atoms with Crippen molar-refractivity contribution in [3.63, 3.8) is 0 Å². The van der Waals surface area contributed by atoms with E-state index in [2.05, 4.69) is 35.0 Å². The van der Waals surface area contributed by atoms with Gasteiger partial charge in [0.1, 0.15) is 24.3 Å². The maximum atomic E-state index is 13.1. The van der Waals surface area contributed by atoms with E-state index >= 15 is 0 Å². The van der Waals surface area contributed by atoms with Gasteiger partial charge in [0.25, 0.3) is 0 Å². The first-order chi connectivity index (χ1) is 27.4. The lowest BCUT2D eigenvalue weighted by atomic mass is 9.98. The number of carbonyl (C=O) groups excluding carboxylic acids is 4. The summed E-state index contributed by atoms with van der Waals surface area (Å²) in [4.78, 5) is 62.9. The number of unbranched alkanes of at least 4 members (excludes halogenated alkanes) is 13. The molecule has 11 heteroatoms. The molecule has 0 spiro atoms. The SMILES string of the molecule is CCCCCCCCCCCCCCCC(=O)NC(CCC(=O)NCCCCC(NC(=O)OCC1c2ccccc2-c2ccccc21)C(=O)OC(C)(C)C)C(=O)O. The first-order valence-corrected chi connectivity index (χ1v) is 21.5. The molecule has 1 aliphatic carbocycles. The highest BCUT2D eigenvalue weighted by atomic mass is 16.6. The number of amides is 3. The highest BCUT2D eigenvalue weighted by molar-refractivity contribution is 5.84. The van der Waals surface area contributed by atoms with Crippen molar-refractivity contribution in [1.82, 2.24) is 16.0 Å². The van der Waals surface area contributed by atoms with E-state index in [0.29, 0.717) is 25.8 Å². The number of ether oxygens (including phenoxy) is 2. The van der Waals surface area contributed by atoms with Crippen LogP contribution < -0.4 is 16.0 Å². The Morgan fingerprint density at radius 3 is 1.74 bits per heavy atom. The molecule has 3 rings (SSSR count). The Bertz CT molecular complexity index is 1510. The predicted octanol–water partition coefficient (Wildman–Crippen LogP) is 9.35. The maximum absolute atomic E-state index is 13.1. The van der Waals surface area contributed by atoms with E-state index in [9.17, 15) is 29.1 Å². The summed E-state index contributed by atoms with van der Waals surface area (Å²) < 4.78 is 11.2. The number of rotatable bonds is 28. The third kappa shape index (κ3) is 18.2. The summed E-state index contributed by atoms with van der Waals surface area (Å²) >= 11 is 0. The molecule has 0 bridgehead atoms. The van der Waals surface area contributed by atoms with Gasteiger partial charge in [0.2, 0.25) is 11.8 Å². The van der Waals surface area contributed by atoms with Crippen molar-refractivity contribution in [1.29, 1.82) is 0 Å². The van der Waals surface area contributed by atoms with Crippen molar-refractivity contribution in [3.05, 3.63) is 59.7 Å². The van der Waals surface area contributed by atoms with E-state index in [1.165, 1.54) is 57.8 Å². The van der Waals surface area contributed by atoms with Crippen LogP contribution in [0.1, 0.15) is 167 Å². The molecule has 0 heterocycles. The van der Waals surface area contributed by atoms with Crippen molar-refractivity contribution < 1.29 is 38.6 Å². The smallest absolute Gasteiger partial charge is 0.407 e. The second kappa shape index (κ2) is 25.8. The molecule has 2 aromatic carbocycles. The lowest BCUT2D eigenvalue weighted by Gasteiger charge is -2.24. The molecule has 0 aliphatic heterocycles. The van der Waals surface area contributed by atoms with Gasteiger partial charge in [-0.3, -0.25) is 9.59 Å². The number of nitrogens with one attached hydrogen (secondary N) is 3. The highest BCUT2D eigenvalue weighted by Gasteiger charge is 2.31. The van der Waals surface area contributed by atoms with E-state index < -0.39 is 35.7 Å². The van der Waals surface area contributed by atoms with Crippen LogP contribution in [-0.4, -0.2) is 65.8 Å². The molecular weight excluding hydrogens is 723 g/mol. The molecule has 11 nitrogen and oxygen atoms in total. The van der Waals surface area contributed by atoms with Gasteiger partial charge >= 0.3 is 18.0 Å². The third-order valence-electron chi connectivity index (χ3n) is 10.4. The lowest BCUT2D eigenvalue weighted by Crippen LogP contribution is -2.44. The zero-order valence-corrected chi connectivity index (χ0v) is 35.0. The van der Waals surface area contributed by atoms with Crippen molar-refractivity contribution in [2.24, 2.45) is 0 Å². The van der Waals surface area contributed by atoms with Crippen LogP contribution in [0, 0.1) is 0 Å². The van der Waals surface area contributed by atoms with E-state index in [-0.39, 0.29) is 50.0 Å².